The van der Waals surface area contributed by atoms with E-state index in [1.54, 1.807) is 12.1 Å². The number of nitrogens with one attached hydrogen (secondary N) is 1. The highest BCUT2D eigenvalue weighted by atomic mass is 19.2. The number of halogens is 2. The molecule has 1 nitrogen and oxygen atoms in total. The molecule has 0 bridgehead atoms. The van der Waals surface area contributed by atoms with Crippen molar-refractivity contribution in [2.24, 2.45) is 5.92 Å². The molecule has 0 spiro atoms. The van der Waals surface area contributed by atoms with Crippen molar-refractivity contribution in [1.82, 2.24) is 5.32 Å². The van der Waals surface area contributed by atoms with Crippen molar-refractivity contribution in [3.05, 3.63) is 35.4 Å². The highest BCUT2D eigenvalue weighted by Gasteiger charge is 2.26. The molecule has 0 radical (unpaired) electrons. The molecule has 1 fully saturated rings. The normalized spacial score (nSPS) is 24.9. The second-order valence-electron chi connectivity index (χ2n) is 4.50. The Bertz CT molecular complexity index is 365. The second-order valence-corrected chi connectivity index (χ2v) is 4.50. The van der Waals surface area contributed by atoms with Gasteiger partial charge in [-0.3, -0.25) is 0 Å². The average molecular weight is 225 g/mol. The molecular weight excluding hydrogens is 208 g/mol. The fourth-order valence-electron chi connectivity index (χ4n) is 2.65. The largest absolute Gasteiger partial charge is 0.317 e. The lowest BCUT2D eigenvalue weighted by atomic mass is 9.94. The summed E-state index contributed by atoms with van der Waals surface area (Å²) in [7, 11) is 1.94. The van der Waals surface area contributed by atoms with E-state index < -0.39 is 11.6 Å². The van der Waals surface area contributed by atoms with E-state index in [9.17, 15) is 8.78 Å². The van der Waals surface area contributed by atoms with Crippen molar-refractivity contribution >= 4 is 0 Å². The Balaban J connectivity index is 2.11. The van der Waals surface area contributed by atoms with Crippen LogP contribution in [0, 0.1) is 17.6 Å². The van der Waals surface area contributed by atoms with Gasteiger partial charge in [-0.2, -0.15) is 0 Å². The van der Waals surface area contributed by atoms with Gasteiger partial charge in [-0.25, -0.2) is 8.78 Å². The SMILES string of the molecule is CNC1CCCC1Cc1cccc(F)c1F. The maximum Gasteiger partial charge on any atom is 0.162 e. The van der Waals surface area contributed by atoms with Gasteiger partial charge in [0.25, 0.3) is 0 Å². The van der Waals surface area contributed by atoms with Crippen LogP contribution in [-0.4, -0.2) is 13.1 Å². The Morgan fingerprint density at radius 1 is 1.31 bits per heavy atom. The Labute approximate surface area is 94.9 Å². The van der Waals surface area contributed by atoms with Crippen LogP contribution in [0.5, 0.6) is 0 Å². The van der Waals surface area contributed by atoms with Crippen molar-refractivity contribution < 1.29 is 8.78 Å². The lowest BCUT2D eigenvalue weighted by Gasteiger charge is -2.19. The van der Waals surface area contributed by atoms with Crippen LogP contribution in [0.25, 0.3) is 0 Å². The molecule has 1 aliphatic rings. The summed E-state index contributed by atoms with van der Waals surface area (Å²) < 4.78 is 26.5. The molecule has 1 aromatic rings. The van der Waals surface area contributed by atoms with Gasteiger partial charge >= 0.3 is 0 Å². The number of hydrogen-bond donors (Lipinski definition) is 1. The van der Waals surface area contributed by atoms with Crippen LogP contribution < -0.4 is 5.32 Å². The van der Waals surface area contributed by atoms with E-state index in [0.29, 0.717) is 23.9 Å². The maximum atomic E-state index is 13.5. The minimum absolute atomic E-state index is 0.432. The van der Waals surface area contributed by atoms with E-state index in [2.05, 4.69) is 5.32 Å². The van der Waals surface area contributed by atoms with Crippen LogP contribution >= 0.6 is 0 Å². The number of rotatable bonds is 3. The van der Waals surface area contributed by atoms with E-state index in [0.717, 1.165) is 12.8 Å². The average Bonchev–Trinajstić information content (AvgIpc) is 2.72. The van der Waals surface area contributed by atoms with Crippen LogP contribution in [0.3, 0.4) is 0 Å². The topological polar surface area (TPSA) is 12.0 Å². The molecule has 2 rings (SSSR count). The second kappa shape index (κ2) is 4.91. The van der Waals surface area contributed by atoms with E-state index in [4.69, 9.17) is 0 Å². The van der Waals surface area contributed by atoms with Crippen molar-refractivity contribution in [3.8, 4) is 0 Å². The Hall–Kier alpha value is -0.960. The van der Waals surface area contributed by atoms with Gasteiger partial charge in [0.05, 0.1) is 0 Å². The van der Waals surface area contributed by atoms with Crippen molar-refractivity contribution in [2.45, 2.75) is 31.7 Å². The smallest absolute Gasteiger partial charge is 0.162 e. The van der Waals surface area contributed by atoms with Crippen molar-refractivity contribution in [2.75, 3.05) is 7.05 Å². The molecule has 2 unspecified atom stereocenters. The predicted molar refractivity (Wildman–Crippen MR) is 60.3 cm³/mol. The third kappa shape index (κ3) is 2.24. The summed E-state index contributed by atoms with van der Waals surface area (Å²) in [4.78, 5) is 0. The first-order valence-corrected chi connectivity index (χ1v) is 5.82. The summed E-state index contributed by atoms with van der Waals surface area (Å²) in [6.07, 6.45) is 4.04. The quantitative estimate of drug-likeness (QED) is 0.834. The van der Waals surface area contributed by atoms with Crippen LogP contribution in [-0.2, 0) is 6.42 Å². The van der Waals surface area contributed by atoms with E-state index in [-0.39, 0.29) is 0 Å². The number of benzene rings is 1. The molecule has 1 saturated carbocycles. The fourth-order valence-corrected chi connectivity index (χ4v) is 2.65. The van der Waals surface area contributed by atoms with Gasteiger partial charge in [0.1, 0.15) is 0 Å². The van der Waals surface area contributed by atoms with Crippen LogP contribution in [0.4, 0.5) is 8.78 Å². The van der Waals surface area contributed by atoms with E-state index >= 15 is 0 Å². The molecule has 1 N–H and O–H groups in total. The van der Waals surface area contributed by atoms with Gasteiger partial charge in [-0.1, -0.05) is 18.6 Å². The van der Waals surface area contributed by atoms with Gasteiger partial charge in [0, 0.05) is 6.04 Å². The fraction of sp³-hybridized carbons (Fsp3) is 0.538. The molecule has 1 aliphatic carbocycles. The number of hydrogen-bond acceptors (Lipinski definition) is 1. The summed E-state index contributed by atoms with van der Waals surface area (Å²) in [5.74, 6) is -0.984. The summed E-state index contributed by atoms with van der Waals surface area (Å²) in [6, 6.07) is 4.88. The molecule has 2 atom stereocenters. The first kappa shape index (κ1) is 11.5. The summed E-state index contributed by atoms with van der Waals surface area (Å²) in [6.45, 7) is 0. The van der Waals surface area contributed by atoms with Crippen molar-refractivity contribution in [1.29, 1.82) is 0 Å². The van der Waals surface area contributed by atoms with Crippen molar-refractivity contribution in [3.63, 3.8) is 0 Å². The Morgan fingerprint density at radius 2 is 2.12 bits per heavy atom. The molecule has 0 aromatic heterocycles. The van der Waals surface area contributed by atoms with Gasteiger partial charge in [0.2, 0.25) is 0 Å². The van der Waals surface area contributed by atoms with Gasteiger partial charge in [0.15, 0.2) is 11.6 Å². The zero-order chi connectivity index (χ0) is 11.5. The monoisotopic (exact) mass is 225 g/mol. The van der Waals surface area contributed by atoms with Crippen LogP contribution in [0.1, 0.15) is 24.8 Å². The Morgan fingerprint density at radius 3 is 2.88 bits per heavy atom. The molecule has 16 heavy (non-hydrogen) atoms. The zero-order valence-corrected chi connectivity index (χ0v) is 9.47. The molecule has 0 aliphatic heterocycles. The predicted octanol–water partition coefficient (Wildman–Crippen LogP) is 2.90. The van der Waals surface area contributed by atoms with Gasteiger partial charge < -0.3 is 5.32 Å². The van der Waals surface area contributed by atoms with Crippen LogP contribution in [0.2, 0.25) is 0 Å². The van der Waals surface area contributed by atoms with E-state index in [1.165, 1.54) is 12.5 Å². The lowest BCUT2D eigenvalue weighted by Crippen LogP contribution is -2.30. The van der Waals surface area contributed by atoms with Crippen LogP contribution in [0.15, 0.2) is 18.2 Å². The van der Waals surface area contributed by atoms with Gasteiger partial charge in [-0.05, 0) is 43.9 Å². The van der Waals surface area contributed by atoms with E-state index in [1.807, 2.05) is 7.05 Å². The maximum absolute atomic E-state index is 13.5. The molecular formula is C13H17F2N. The minimum atomic E-state index is -0.739. The first-order valence-electron chi connectivity index (χ1n) is 5.82. The molecule has 88 valence electrons. The molecule has 3 heteroatoms. The third-order valence-corrected chi connectivity index (χ3v) is 3.54. The molecule has 0 heterocycles. The molecule has 1 aromatic carbocycles. The zero-order valence-electron chi connectivity index (χ0n) is 9.47. The minimum Gasteiger partial charge on any atom is -0.317 e. The molecule has 0 amide bonds. The third-order valence-electron chi connectivity index (χ3n) is 3.54. The van der Waals surface area contributed by atoms with Gasteiger partial charge in [-0.15, -0.1) is 0 Å². The molecule has 0 saturated heterocycles. The first-order chi connectivity index (χ1) is 7.72. The summed E-state index contributed by atoms with van der Waals surface area (Å²) in [5.41, 5.74) is 0.507. The summed E-state index contributed by atoms with van der Waals surface area (Å²) in [5, 5.41) is 3.25. The Kier molecular flexibility index (Phi) is 3.54. The summed E-state index contributed by atoms with van der Waals surface area (Å²) >= 11 is 0. The highest BCUT2D eigenvalue weighted by molar-refractivity contribution is 5.20. The lowest BCUT2D eigenvalue weighted by molar-refractivity contribution is 0.411. The highest BCUT2D eigenvalue weighted by Crippen LogP contribution is 2.29. The standard InChI is InChI=1S/C13H17F2N/c1-16-12-7-3-4-9(12)8-10-5-2-6-11(14)13(10)15/h2,5-6,9,12,16H,3-4,7-8H2,1H3.